The molecule has 0 atom stereocenters. The first-order valence-corrected chi connectivity index (χ1v) is 19.1. The highest BCUT2D eigenvalue weighted by molar-refractivity contribution is 7.90. The van der Waals surface area contributed by atoms with Gasteiger partial charge in [0.05, 0.1) is 0 Å². The third-order valence-corrected chi connectivity index (χ3v) is 10.9. The van der Waals surface area contributed by atoms with Crippen LogP contribution in [0.25, 0.3) is 53.6 Å². The summed E-state index contributed by atoms with van der Waals surface area (Å²) in [6.45, 7) is 5.91. The molecule has 0 aliphatic carbocycles. The Labute approximate surface area is 322 Å². The molecule has 0 N–H and O–H groups in total. The lowest BCUT2D eigenvalue weighted by Crippen LogP contribution is -2.09. The predicted molar refractivity (Wildman–Crippen MR) is 235 cm³/mol. The molecule has 0 radical (unpaired) electrons. The van der Waals surface area contributed by atoms with Crippen LogP contribution in [0.15, 0.2) is 188 Å². The van der Waals surface area contributed by atoms with E-state index < -0.39 is 0 Å². The first kappa shape index (κ1) is 35.2. The SMILES string of the molecule is C=C/C=C(\S)c1ccc(-c2ccc(N(c3ccc(-c4ccc(/C(S)=C/CC)cc4)cc3)c3ccc(-c4ccc(-c5cccs5)cc4)cc3)cc2)cc1. The lowest BCUT2D eigenvalue weighted by Gasteiger charge is -2.26. The van der Waals surface area contributed by atoms with Crippen molar-refractivity contribution in [3.63, 3.8) is 0 Å². The molecule has 0 aliphatic heterocycles. The van der Waals surface area contributed by atoms with Crippen molar-refractivity contribution in [2.75, 3.05) is 4.90 Å². The molecule has 0 saturated heterocycles. The maximum absolute atomic E-state index is 4.66. The summed E-state index contributed by atoms with van der Waals surface area (Å²) in [5, 5.41) is 2.12. The monoisotopic (exact) mass is 725 g/mol. The maximum atomic E-state index is 4.66. The van der Waals surface area contributed by atoms with Crippen LogP contribution in [0.5, 0.6) is 0 Å². The molecule has 0 fully saturated rings. The summed E-state index contributed by atoms with van der Waals surface area (Å²) in [5.74, 6) is 0. The molecule has 1 heterocycles. The smallest absolute Gasteiger partial charge is 0.0462 e. The molecule has 1 nitrogen and oxygen atoms in total. The van der Waals surface area contributed by atoms with Gasteiger partial charge in [-0.1, -0.05) is 141 Å². The van der Waals surface area contributed by atoms with Crippen molar-refractivity contribution in [2.24, 2.45) is 0 Å². The fraction of sp³-hybridized carbons (Fsp3) is 0.0417. The van der Waals surface area contributed by atoms with Crippen LogP contribution in [0.4, 0.5) is 17.1 Å². The van der Waals surface area contributed by atoms with Crippen LogP contribution in [-0.4, -0.2) is 0 Å². The summed E-state index contributed by atoms with van der Waals surface area (Å²) >= 11 is 11.0. The van der Waals surface area contributed by atoms with Gasteiger partial charge in [0.2, 0.25) is 0 Å². The lowest BCUT2D eigenvalue weighted by atomic mass is 10.0. The Morgan fingerprint density at radius 2 is 0.885 bits per heavy atom. The van der Waals surface area contributed by atoms with E-state index in [1.165, 1.54) is 32.7 Å². The molecule has 0 saturated carbocycles. The van der Waals surface area contributed by atoms with E-state index in [0.717, 1.165) is 55.5 Å². The molecule has 0 spiro atoms. The molecule has 6 aromatic carbocycles. The summed E-state index contributed by atoms with van der Waals surface area (Å²) in [6, 6.07) is 56.7. The van der Waals surface area contributed by atoms with Crippen molar-refractivity contribution in [3.8, 4) is 43.8 Å². The van der Waals surface area contributed by atoms with E-state index in [0.29, 0.717) is 0 Å². The highest BCUT2D eigenvalue weighted by atomic mass is 32.1. The second-order valence-electron chi connectivity index (χ2n) is 12.5. The van der Waals surface area contributed by atoms with Gasteiger partial charge in [0, 0.05) is 31.7 Å². The zero-order valence-electron chi connectivity index (χ0n) is 29.0. The topological polar surface area (TPSA) is 3.24 Å². The Hall–Kier alpha value is -5.26. The van der Waals surface area contributed by atoms with Gasteiger partial charge in [-0.05, 0) is 110 Å². The van der Waals surface area contributed by atoms with Crippen molar-refractivity contribution >= 4 is 63.5 Å². The zero-order valence-corrected chi connectivity index (χ0v) is 31.6. The van der Waals surface area contributed by atoms with E-state index in [9.17, 15) is 0 Å². The molecule has 1 aromatic heterocycles. The van der Waals surface area contributed by atoms with Gasteiger partial charge in [0.25, 0.3) is 0 Å². The molecule has 0 amide bonds. The van der Waals surface area contributed by atoms with Crippen LogP contribution in [0, 0.1) is 0 Å². The molecule has 4 heteroatoms. The van der Waals surface area contributed by atoms with E-state index in [2.05, 4.69) is 213 Å². The number of hydrogen-bond donors (Lipinski definition) is 2. The molecule has 7 rings (SSSR count). The minimum absolute atomic E-state index is 0.896. The minimum atomic E-state index is 0.896. The lowest BCUT2D eigenvalue weighted by molar-refractivity contribution is 1.23. The van der Waals surface area contributed by atoms with Crippen molar-refractivity contribution < 1.29 is 0 Å². The van der Waals surface area contributed by atoms with Crippen molar-refractivity contribution in [1.29, 1.82) is 0 Å². The summed E-state index contributed by atoms with van der Waals surface area (Å²) in [6.07, 6.45) is 6.76. The summed E-state index contributed by atoms with van der Waals surface area (Å²) < 4.78 is 0. The summed E-state index contributed by atoms with van der Waals surface area (Å²) in [7, 11) is 0. The van der Waals surface area contributed by atoms with Gasteiger partial charge in [0.15, 0.2) is 0 Å². The van der Waals surface area contributed by atoms with Crippen molar-refractivity contribution in [3.05, 3.63) is 199 Å². The third kappa shape index (κ3) is 7.95. The van der Waals surface area contributed by atoms with Crippen LogP contribution in [0.2, 0.25) is 0 Å². The second-order valence-corrected chi connectivity index (χ2v) is 14.4. The number of allylic oxidation sites excluding steroid dienone is 3. The number of rotatable bonds is 11. The van der Waals surface area contributed by atoms with Crippen LogP contribution in [0.1, 0.15) is 24.5 Å². The van der Waals surface area contributed by atoms with E-state index in [1.54, 1.807) is 17.4 Å². The molecule has 0 aliphatic rings. The van der Waals surface area contributed by atoms with Crippen molar-refractivity contribution in [1.82, 2.24) is 0 Å². The molecule has 254 valence electrons. The van der Waals surface area contributed by atoms with Crippen LogP contribution < -0.4 is 4.90 Å². The second kappa shape index (κ2) is 16.4. The van der Waals surface area contributed by atoms with Crippen LogP contribution in [-0.2, 0) is 0 Å². The van der Waals surface area contributed by atoms with Gasteiger partial charge >= 0.3 is 0 Å². The highest BCUT2D eigenvalue weighted by Gasteiger charge is 2.14. The number of thiol groups is 2. The Bertz CT molecular complexity index is 2300. The summed E-state index contributed by atoms with van der Waals surface area (Å²) in [4.78, 5) is 5.51. The Morgan fingerprint density at radius 1 is 0.519 bits per heavy atom. The standard InChI is InChI=1S/C48H39NS3/c1-3-6-46(50)40-15-9-34(10-16-40)37-21-27-43(28-22-37)49(44-29-23-38(24-30-44)35-11-17-41(18-12-35)47(51)7-4-2)45-31-25-39(26-32-45)36-13-19-42(20-14-36)48-8-5-33-52-48/h3,5-33,50-51H,1,4H2,2H3/b46-6-,47-7-. The molecule has 0 unspecified atom stereocenters. The van der Waals surface area contributed by atoms with E-state index in [1.807, 2.05) is 6.08 Å². The number of hydrogen-bond acceptors (Lipinski definition) is 4. The minimum Gasteiger partial charge on any atom is -0.311 e. The molecule has 7 aromatic rings. The van der Waals surface area contributed by atoms with Crippen LogP contribution in [0.3, 0.4) is 0 Å². The predicted octanol–water partition coefficient (Wildman–Crippen LogP) is 15.0. The van der Waals surface area contributed by atoms with Crippen molar-refractivity contribution in [2.45, 2.75) is 13.3 Å². The normalized spacial score (nSPS) is 11.8. The van der Waals surface area contributed by atoms with Gasteiger partial charge in [-0.3, -0.25) is 0 Å². The number of nitrogens with zero attached hydrogens (tertiary/aromatic N) is 1. The number of anilines is 3. The Morgan fingerprint density at radius 3 is 1.25 bits per heavy atom. The third-order valence-electron chi connectivity index (χ3n) is 9.10. The van der Waals surface area contributed by atoms with E-state index in [4.69, 9.17) is 0 Å². The van der Waals surface area contributed by atoms with Gasteiger partial charge in [-0.15, -0.1) is 36.6 Å². The fourth-order valence-electron chi connectivity index (χ4n) is 6.31. The Balaban J connectivity index is 1.19. The Kier molecular flexibility index (Phi) is 11.1. The quantitative estimate of drug-likeness (QED) is 0.0992. The average molecular weight is 726 g/mol. The molecular weight excluding hydrogens is 687 g/mol. The van der Waals surface area contributed by atoms with E-state index in [-0.39, 0.29) is 0 Å². The first-order chi connectivity index (χ1) is 25.5. The largest absolute Gasteiger partial charge is 0.311 e. The fourth-order valence-corrected chi connectivity index (χ4v) is 7.63. The number of thiophene rings is 1. The van der Waals surface area contributed by atoms with Gasteiger partial charge in [0.1, 0.15) is 0 Å². The molecule has 52 heavy (non-hydrogen) atoms. The number of benzene rings is 6. The van der Waals surface area contributed by atoms with Gasteiger partial charge < -0.3 is 4.90 Å². The van der Waals surface area contributed by atoms with Gasteiger partial charge in [-0.25, -0.2) is 0 Å². The average Bonchev–Trinajstić information content (AvgIpc) is 3.75. The van der Waals surface area contributed by atoms with E-state index >= 15 is 0 Å². The first-order valence-electron chi connectivity index (χ1n) is 17.4. The molecule has 0 bridgehead atoms. The zero-order chi connectivity index (χ0) is 35.9. The summed E-state index contributed by atoms with van der Waals surface area (Å²) in [5.41, 5.74) is 13.7. The van der Waals surface area contributed by atoms with Gasteiger partial charge in [-0.2, -0.15) is 0 Å². The molecular formula is C48H39NS3. The van der Waals surface area contributed by atoms with Crippen LogP contribution >= 0.6 is 36.6 Å². The highest BCUT2D eigenvalue weighted by Crippen LogP contribution is 2.38. The maximum Gasteiger partial charge on any atom is 0.0462 e.